The topological polar surface area (TPSA) is 49.3 Å². The third kappa shape index (κ3) is 3.50. The highest BCUT2D eigenvalue weighted by atomic mass is 16.2. The minimum absolute atomic E-state index is 0.0642. The summed E-state index contributed by atoms with van der Waals surface area (Å²) in [5.74, 6) is 1.29. The molecule has 0 saturated carbocycles. The van der Waals surface area contributed by atoms with Crippen LogP contribution in [0.5, 0.6) is 0 Å². The summed E-state index contributed by atoms with van der Waals surface area (Å²) in [5.41, 5.74) is 0.955. The van der Waals surface area contributed by atoms with Gasteiger partial charge in [0.15, 0.2) is 0 Å². The molecule has 0 spiro atoms. The van der Waals surface area contributed by atoms with Crippen molar-refractivity contribution in [1.29, 1.82) is 0 Å². The normalized spacial score (nSPS) is 17.9. The van der Waals surface area contributed by atoms with E-state index in [2.05, 4.69) is 27.9 Å². The molecule has 1 aliphatic rings. The number of anilines is 1. The third-order valence-corrected chi connectivity index (χ3v) is 4.82. The Morgan fingerprint density at radius 1 is 1.33 bits per heavy atom. The molecule has 1 aromatic heterocycles. The summed E-state index contributed by atoms with van der Waals surface area (Å²) in [4.78, 5) is 25.7. The van der Waals surface area contributed by atoms with E-state index in [0.29, 0.717) is 0 Å². The first-order valence-corrected chi connectivity index (χ1v) is 8.90. The summed E-state index contributed by atoms with van der Waals surface area (Å²) in [7, 11) is 1.93. The van der Waals surface area contributed by atoms with Gasteiger partial charge in [0.2, 0.25) is 5.91 Å². The van der Waals surface area contributed by atoms with Gasteiger partial charge in [-0.25, -0.2) is 9.97 Å². The first-order chi connectivity index (χ1) is 11.7. The lowest BCUT2D eigenvalue weighted by Crippen LogP contribution is -2.44. The predicted molar refractivity (Wildman–Crippen MR) is 97.0 cm³/mol. The van der Waals surface area contributed by atoms with E-state index in [-0.39, 0.29) is 11.8 Å². The van der Waals surface area contributed by atoms with Crippen molar-refractivity contribution in [1.82, 2.24) is 14.9 Å². The van der Waals surface area contributed by atoms with Crippen LogP contribution in [-0.2, 0) is 4.79 Å². The Morgan fingerprint density at radius 2 is 2.17 bits per heavy atom. The highest BCUT2D eigenvalue weighted by molar-refractivity contribution is 5.89. The zero-order valence-corrected chi connectivity index (χ0v) is 14.6. The molecule has 1 aromatic carbocycles. The second kappa shape index (κ2) is 7.60. The van der Waals surface area contributed by atoms with E-state index in [1.807, 2.05) is 30.1 Å². The number of benzene rings is 1. The van der Waals surface area contributed by atoms with E-state index in [1.165, 1.54) is 0 Å². The van der Waals surface area contributed by atoms with Gasteiger partial charge in [-0.2, -0.15) is 0 Å². The number of aromatic nitrogens is 2. The molecule has 0 bridgehead atoms. The molecule has 5 heteroatoms. The molecule has 128 valence electrons. The lowest BCUT2D eigenvalue weighted by Gasteiger charge is -2.35. The van der Waals surface area contributed by atoms with Gasteiger partial charge in [-0.3, -0.25) is 4.79 Å². The van der Waals surface area contributed by atoms with Crippen molar-refractivity contribution in [2.45, 2.75) is 32.6 Å². The number of carbonyl (C=O) groups excluding carboxylic acids is 1. The third-order valence-electron chi connectivity index (χ3n) is 4.82. The molecule has 0 N–H and O–H groups in total. The average molecular weight is 326 g/mol. The second-order valence-corrected chi connectivity index (χ2v) is 6.61. The van der Waals surface area contributed by atoms with Gasteiger partial charge in [0.1, 0.15) is 12.1 Å². The number of unbranched alkanes of at least 4 members (excludes halogenated alkanes) is 1. The summed E-state index contributed by atoms with van der Waals surface area (Å²) < 4.78 is 0. The van der Waals surface area contributed by atoms with Gasteiger partial charge >= 0.3 is 0 Å². The maximum absolute atomic E-state index is 12.7. The summed E-state index contributed by atoms with van der Waals surface area (Å²) in [6.45, 7) is 4.70. The number of para-hydroxylation sites is 1. The van der Waals surface area contributed by atoms with Crippen molar-refractivity contribution < 1.29 is 4.79 Å². The van der Waals surface area contributed by atoms with Crippen LogP contribution in [0.25, 0.3) is 10.9 Å². The Hall–Kier alpha value is -2.17. The lowest BCUT2D eigenvalue weighted by molar-refractivity contribution is -0.134. The van der Waals surface area contributed by atoms with E-state index in [9.17, 15) is 4.79 Å². The van der Waals surface area contributed by atoms with Crippen LogP contribution in [0.2, 0.25) is 0 Å². The molecule has 2 heterocycles. The maximum Gasteiger partial charge on any atom is 0.227 e. The maximum atomic E-state index is 12.7. The molecule has 1 amide bonds. The van der Waals surface area contributed by atoms with Crippen LogP contribution in [0.3, 0.4) is 0 Å². The Kier molecular flexibility index (Phi) is 5.28. The van der Waals surface area contributed by atoms with Crippen molar-refractivity contribution in [3.63, 3.8) is 0 Å². The molecule has 1 aliphatic heterocycles. The van der Waals surface area contributed by atoms with Crippen molar-refractivity contribution >= 4 is 22.6 Å². The smallest absolute Gasteiger partial charge is 0.227 e. The lowest BCUT2D eigenvalue weighted by atomic mass is 9.96. The van der Waals surface area contributed by atoms with E-state index < -0.39 is 0 Å². The molecule has 0 radical (unpaired) electrons. The summed E-state index contributed by atoms with van der Waals surface area (Å²) >= 11 is 0. The fourth-order valence-corrected chi connectivity index (χ4v) is 3.43. The number of amides is 1. The molecule has 5 nitrogen and oxygen atoms in total. The first kappa shape index (κ1) is 16.7. The molecular weight excluding hydrogens is 300 g/mol. The summed E-state index contributed by atoms with van der Waals surface area (Å²) in [6.07, 6.45) is 5.79. The quantitative estimate of drug-likeness (QED) is 0.847. The molecular formula is C19H26N4O. The van der Waals surface area contributed by atoms with Crippen LogP contribution in [0, 0.1) is 5.92 Å². The van der Waals surface area contributed by atoms with Gasteiger partial charge in [0.25, 0.3) is 0 Å². The summed E-state index contributed by atoms with van der Waals surface area (Å²) in [6, 6.07) is 8.07. The molecule has 24 heavy (non-hydrogen) atoms. The molecule has 2 aromatic rings. The molecule has 1 unspecified atom stereocenters. The minimum Gasteiger partial charge on any atom is -0.355 e. The molecule has 3 rings (SSSR count). The number of hydrogen-bond acceptors (Lipinski definition) is 4. The second-order valence-electron chi connectivity index (χ2n) is 6.61. The van der Waals surface area contributed by atoms with Gasteiger partial charge in [0, 0.05) is 32.1 Å². The molecule has 1 saturated heterocycles. The van der Waals surface area contributed by atoms with E-state index in [0.717, 1.165) is 62.0 Å². The van der Waals surface area contributed by atoms with E-state index in [4.69, 9.17) is 0 Å². The number of hydrogen-bond donors (Lipinski definition) is 0. The molecule has 1 atom stereocenters. The zero-order valence-electron chi connectivity index (χ0n) is 14.6. The molecule has 1 fully saturated rings. The monoisotopic (exact) mass is 326 g/mol. The number of piperidine rings is 1. The van der Waals surface area contributed by atoms with Crippen LogP contribution >= 0.6 is 0 Å². The van der Waals surface area contributed by atoms with E-state index in [1.54, 1.807) is 6.33 Å². The van der Waals surface area contributed by atoms with Gasteiger partial charge < -0.3 is 9.80 Å². The standard InChI is InChI=1S/C19H26N4O/c1-3-4-11-22(2)19(24)15-8-7-12-23(13-15)18-16-9-5-6-10-17(16)20-14-21-18/h5-6,9-10,14-15H,3-4,7-8,11-13H2,1-2H3. The van der Waals surface area contributed by atoms with Crippen molar-refractivity contribution in [3.05, 3.63) is 30.6 Å². The van der Waals surface area contributed by atoms with Crippen LogP contribution in [0.4, 0.5) is 5.82 Å². The zero-order chi connectivity index (χ0) is 16.9. The van der Waals surface area contributed by atoms with Crippen LogP contribution in [0.1, 0.15) is 32.6 Å². The highest BCUT2D eigenvalue weighted by Gasteiger charge is 2.29. The summed E-state index contributed by atoms with van der Waals surface area (Å²) in [5, 5.41) is 1.06. The number of fused-ring (bicyclic) bond motifs is 1. The fourth-order valence-electron chi connectivity index (χ4n) is 3.43. The van der Waals surface area contributed by atoms with Gasteiger partial charge in [0.05, 0.1) is 11.4 Å². The van der Waals surface area contributed by atoms with Crippen molar-refractivity contribution in [2.75, 3.05) is 31.6 Å². The van der Waals surface area contributed by atoms with Crippen LogP contribution in [0.15, 0.2) is 30.6 Å². The van der Waals surface area contributed by atoms with Gasteiger partial charge in [-0.1, -0.05) is 25.5 Å². The van der Waals surface area contributed by atoms with Gasteiger partial charge in [-0.05, 0) is 31.4 Å². The minimum atomic E-state index is 0.0642. The number of carbonyl (C=O) groups is 1. The van der Waals surface area contributed by atoms with Crippen molar-refractivity contribution in [3.8, 4) is 0 Å². The Bertz CT molecular complexity index is 697. The Morgan fingerprint density at radius 3 is 3.00 bits per heavy atom. The Labute approximate surface area is 143 Å². The highest BCUT2D eigenvalue weighted by Crippen LogP contribution is 2.27. The largest absolute Gasteiger partial charge is 0.355 e. The molecule has 0 aliphatic carbocycles. The van der Waals surface area contributed by atoms with Crippen molar-refractivity contribution in [2.24, 2.45) is 5.92 Å². The first-order valence-electron chi connectivity index (χ1n) is 8.90. The van der Waals surface area contributed by atoms with Crippen LogP contribution < -0.4 is 4.90 Å². The Balaban J connectivity index is 1.76. The number of rotatable bonds is 5. The average Bonchev–Trinajstić information content (AvgIpc) is 2.65. The SMILES string of the molecule is CCCCN(C)C(=O)C1CCCN(c2ncnc3ccccc23)C1. The van der Waals surface area contributed by atoms with Gasteiger partial charge in [-0.15, -0.1) is 0 Å². The number of nitrogens with zero attached hydrogens (tertiary/aromatic N) is 4. The fraction of sp³-hybridized carbons (Fsp3) is 0.526. The predicted octanol–water partition coefficient (Wildman–Crippen LogP) is 3.10. The van der Waals surface area contributed by atoms with Crippen LogP contribution in [-0.4, -0.2) is 47.5 Å². The van der Waals surface area contributed by atoms with E-state index >= 15 is 0 Å².